The fourth-order valence-electron chi connectivity index (χ4n) is 3.18. The third-order valence-corrected chi connectivity index (χ3v) is 5.59. The number of aromatic nitrogens is 1. The Bertz CT molecular complexity index is 693. The molecule has 1 atom stereocenters. The Kier molecular flexibility index (Phi) is 8.27. The van der Waals surface area contributed by atoms with Gasteiger partial charge in [0.25, 0.3) is 5.91 Å². The molecule has 0 unspecified atom stereocenters. The maximum Gasteiger partial charge on any atom is 0.270 e. The first-order valence-electron chi connectivity index (χ1n) is 10.9. The largest absolute Gasteiger partial charge is 0.476 e. The lowest BCUT2D eigenvalue weighted by Crippen LogP contribution is -2.52. The molecule has 1 aliphatic heterocycles. The van der Waals surface area contributed by atoms with E-state index in [2.05, 4.69) is 15.2 Å². The quantitative estimate of drug-likeness (QED) is 0.492. The van der Waals surface area contributed by atoms with E-state index < -0.39 is 6.67 Å². The van der Waals surface area contributed by atoms with Crippen molar-refractivity contribution in [3.8, 4) is 5.88 Å². The van der Waals surface area contributed by atoms with Gasteiger partial charge in [-0.1, -0.05) is 13.8 Å². The van der Waals surface area contributed by atoms with Crippen molar-refractivity contribution in [3.63, 3.8) is 0 Å². The van der Waals surface area contributed by atoms with Crippen LogP contribution in [-0.2, 0) is 9.47 Å². The Morgan fingerprint density at radius 1 is 1.33 bits per heavy atom. The molecule has 2 fully saturated rings. The predicted octanol–water partition coefficient (Wildman–Crippen LogP) is 2.84. The molecule has 1 aliphatic carbocycles. The molecule has 2 aliphatic rings. The third-order valence-electron chi connectivity index (χ3n) is 5.59. The minimum atomic E-state index is -0.402. The first-order chi connectivity index (χ1) is 14.5. The number of pyridine rings is 1. The maximum absolute atomic E-state index is 12.8. The molecule has 30 heavy (non-hydrogen) atoms. The summed E-state index contributed by atoms with van der Waals surface area (Å²) in [6.45, 7) is 6.52. The number of carbonyl (C=O) groups excluding carboxylic acids is 1. The van der Waals surface area contributed by atoms with Gasteiger partial charge in [-0.3, -0.25) is 9.18 Å². The summed E-state index contributed by atoms with van der Waals surface area (Å²) < 4.78 is 29.1. The Balaban J connectivity index is 1.65. The zero-order valence-corrected chi connectivity index (χ0v) is 18.2. The number of anilines is 1. The van der Waals surface area contributed by atoms with E-state index in [-0.39, 0.29) is 24.0 Å². The molecular weight excluding hydrogens is 389 g/mol. The van der Waals surface area contributed by atoms with Crippen LogP contribution in [-0.4, -0.2) is 69.7 Å². The summed E-state index contributed by atoms with van der Waals surface area (Å²) in [7, 11) is 1.71. The zero-order chi connectivity index (χ0) is 21.5. The summed E-state index contributed by atoms with van der Waals surface area (Å²) in [4.78, 5) is 19.5. The van der Waals surface area contributed by atoms with Gasteiger partial charge in [-0.15, -0.1) is 0 Å². The molecule has 7 nitrogen and oxygen atoms in total. The van der Waals surface area contributed by atoms with Gasteiger partial charge in [-0.05, 0) is 43.2 Å². The van der Waals surface area contributed by atoms with Crippen molar-refractivity contribution in [2.45, 2.75) is 45.3 Å². The van der Waals surface area contributed by atoms with E-state index in [1.807, 2.05) is 19.9 Å². The van der Waals surface area contributed by atoms with E-state index in [1.54, 1.807) is 13.2 Å². The molecule has 0 spiro atoms. The maximum atomic E-state index is 12.8. The topological polar surface area (TPSA) is 72.9 Å². The van der Waals surface area contributed by atoms with E-state index in [1.165, 1.54) is 12.8 Å². The first kappa shape index (κ1) is 22.7. The smallest absolute Gasteiger partial charge is 0.270 e. The summed E-state index contributed by atoms with van der Waals surface area (Å²) in [5.41, 5.74) is 1.22. The number of methoxy groups -OCH3 is 1. The van der Waals surface area contributed by atoms with E-state index >= 15 is 0 Å². The highest BCUT2D eigenvalue weighted by Crippen LogP contribution is 2.34. The van der Waals surface area contributed by atoms with Gasteiger partial charge in [0.05, 0.1) is 32.0 Å². The molecule has 0 aromatic carbocycles. The van der Waals surface area contributed by atoms with Gasteiger partial charge >= 0.3 is 0 Å². The monoisotopic (exact) mass is 423 g/mol. The molecule has 1 saturated carbocycles. The van der Waals surface area contributed by atoms with Crippen molar-refractivity contribution < 1.29 is 23.4 Å². The van der Waals surface area contributed by atoms with E-state index in [0.29, 0.717) is 43.7 Å². The third kappa shape index (κ3) is 6.28. The number of halogens is 1. The molecule has 3 rings (SSSR count). The normalized spacial score (nSPS) is 17.7. The zero-order valence-electron chi connectivity index (χ0n) is 18.2. The number of amides is 1. The highest BCUT2D eigenvalue weighted by Gasteiger charge is 2.31. The van der Waals surface area contributed by atoms with Crippen molar-refractivity contribution in [1.82, 2.24) is 10.3 Å². The highest BCUT2D eigenvalue weighted by molar-refractivity contribution is 5.93. The SMILES string of the molecule is COC1CN(c2ccc(C(=O)N[C@H](COCCCF)C(C)C)nc2OCC2CC2)C1. The lowest BCUT2D eigenvalue weighted by Gasteiger charge is -2.40. The van der Waals surface area contributed by atoms with Crippen LogP contribution in [0.3, 0.4) is 0 Å². The summed E-state index contributed by atoms with van der Waals surface area (Å²) in [5.74, 6) is 1.01. The minimum absolute atomic E-state index is 0.174. The molecule has 1 amide bonds. The number of nitrogens with one attached hydrogen (secondary N) is 1. The molecule has 1 N–H and O–H groups in total. The average Bonchev–Trinajstić information content (AvgIpc) is 3.52. The van der Waals surface area contributed by atoms with Gasteiger partial charge in [-0.25, -0.2) is 4.98 Å². The highest BCUT2D eigenvalue weighted by atomic mass is 19.1. The summed E-state index contributed by atoms with van der Waals surface area (Å²) in [5, 5.41) is 3.00. The number of alkyl halides is 1. The van der Waals surface area contributed by atoms with E-state index in [4.69, 9.17) is 14.2 Å². The van der Waals surface area contributed by atoms with Gasteiger partial charge in [0.15, 0.2) is 0 Å². The van der Waals surface area contributed by atoms with Gasteiger partial charge in [-0.2, -0.15) is 0 Å². The number of ether oxygens (including phenoxy) is 3. The van der Waals surface area contributed by atoms with Gasteiger partial charge in [0, 0.05) is 26.8 Å². The predicted molar refractivity (Wildman–Crippen MR) is 113 cm³/mol. The molecule has 2 heterocycles. The van der Waals surface area contributed by atoms with Gasteiger partial charge < -0.3 is 24.4 Å². The van der Waals surface area contributed by atoms with Crippen LogP contribution in [0.15, 0.2) is 12.1 Å². The molecule has 0 bridgehead atoms. The first-order valence-corrected chi connectivity index (χ1v) is 10.9. The average molecular weight is 424 g/mol. The second kappa shape index (κ2) is 10.9. The number of carbonyl (C=O) groups is 1. The van der Waals surface area contributed by atoms with Crippen LogP contribution in [0, 0.1) is 11.8 Å². The molecule has 0 radical (unpaired) electrons. The van der Waals surface area contributed by atoms with Crippen molar-refractivity contribution in [3.05, 3.63) is 17.8 Å². The fraction of sp³-hybridized carbons (Fsp3) is 0.727. The molecule has 1 aromatic rings. The van der Waals surface area contributed by atoms with Crippen molar-refractivity contribution in [2.75, 3.05) is 51.6 Å². The standard InChI is InChI=1S/C22H34FN3O4/c1-15(2)19(14-29-10-4-9-23)24-21(27)18-7-8-20(26-11-17(12-26)28-3)22(25-18)30-13-16-5-6-16/h7-8,15-17,19H,4-6,9-14H2,1-3H3,(H,24,27)/t19-/m1/s1. The number of hydrogen-bond acceptors (Lipinski definition) is 6. The summed E-state index contributed by atoms with van der Waals surface area (Å²) >= 11 is 0. The van der Waals surface area contributed by atoms with E-state index in [9.17, 15) is 9.18 Å². The number of rotatable bonds is 13. The second-order valence-corrected chi connectivity index (χ2v) is 8.48. The molecule has 1 aromatic heterocycles. The fourth-order valence-corrected chi connectivity index (χ4v) is 3.18. The molecule has 168 valence electrons. The summed E-state index contributed by atoms with van der Waals surface area (Å²) in [6.07, 6.45) is 2.95. The summed E-state index contributed by atoms with van der Waals surface area (Å²) in [6, 6.07) is 3.46. The van der Waals surface area contributed by atoms with Gasteiger partial charge in [0.1, 0.15) is 11.4 Å². The van der Waals surface area contributed by atoms with Crippen molar-refractivity contribution >= 4 is 11.6 Å². The van der Waals surface area contributed by atoms with Crippen molar-refractivity contribution in [2.24, 2.45) is 11.8 Å². The Morgan fingerprint density at radius 2 is 2.10 bits per heavy atom. The Morgan fingerprint density at radius 3 is 2.73 bits per heavy atom. The Labute approximate surface area is 178 Å². The number of nitrogens with zero attached hydrogens (tertiary/aromatic N) is 2. The van der Waals surface area contributed by atoms with Crippen LogP contribution in [0.5, 0.6) is 5.88 Å². The van der Waals surface area contributed by atoms with Crippen LogP contribution in [0.1, 0.15) is 43.6 Å². The van der Waals surface area contributed by atoms with Crippen LogP contribution < -0.4 is 15.0 Å². The van der Waals surface area contributed by atoms with Crippen LogP contribution in [0.2, 0.25) is 0 Å². The Hall–Kier alpha value is -1.93. The van der Waals surface area contributed by atoms with Gasteiger partial charge in [0.2, 0.25) is 5.88 Å². The van der Waals surface area contributed by atoms with Crippen LogP contribution >= 0.6 is 0 Å². The lowest BCUT2D eigenvalue weighted by atomic mass is 10.1. The molecule has 1 saturated heterocycles. The van der Waals surface area contributed by atoms with Crippen LogP contribution in [0.4, 0.5) is 10.1 Å². The second-order valence-electron chi connectivity index (χ2n) is 8.48. The molecule has 8 heteroatoms. The van der Waals surface area contributed by atoms with Crippen molar-refractivity contribution in [1.29, 1.82) is 0 Å². The number of hydrogen-bond donors (Lipinski definition) is 1. The lowest BCUT2D eigenvalue weighted by molar-refractivity contribution is 0.0750. The van der Waals surface area contributed by atoms with Crippen LogP contribution in [0.25, 0.3) is 0 Å². The van der Waals surface area contributed by atoms with E-state index in [0.717, 1.165) is 18.8 Å². The molecular formula is C22H34FN3O4. The minimum Gasteiger partial charge on any atom is -0.476 e.